The number of hydrogen-bond acceptors (Lipinski definition) is 7. The van der Waals surface area contributed by atoms with Gasteiger partial charge in [0.25, 0.3) is 5.91 Å². The first-order valence-corrected chi connectivity index (χ1v) is 14.9. The Kier molecular flexibility index (Phi) is 7.57. The SMILES string of the molecule is Cc1ccc2nc(N3CCN(CCNC(=O)c4ccc(S(=O)(=O)N5CCCCC5)cc4)CC3)sc2c1. The minimum Gasteiger partial charge on any atom is -0.351 e. The predicted molar refractivity (Wildman–Crippen MR) is 144 cm³/mol. The van der Waals surface area contributed by atoms with Gasteiger partial charge in [0.1, 0.15) is 0 Å². The van der Waals surface area contributed by atoms with Crippen LogP contribution in [0, 0.1) is 6.92 Å². The fraction of sp³-hybridized carbons (Fsp3) is 0.462. The summed E-state index contributed by atoms with van der Waals surface area (Å²) in [4.78, 5) is 22.3. The maximum absolute atomic E-state index is 12.8. The van der Waals surface area contributed by atoms with Gasteiger partial charge in [-0.3, -0.25) is 9.69 Å². The van der Waals surface area contributed by atoms with Crippen LogP contribution in [0.1, 0.15) is 35.2 Å². The van der Waals surface area contributed by atoms with E-state index in [9.17, 15) is 13.2 Å². The summed E-state index contributed by atoms with van der Waals surface area (Å²) in [7, 11) is -3.48. The summed E-state index contributed by atoms with van der Waals surface area (Å²) in [6.45, 7) is 8.25. The van der Waals surface area contributed by atoms with Crippen molar-refractivity contribution in [1.82, 2.24) is 19.5 Å². The zero-order valence-corrected chi connectivity index (χ0v) is 22.3. The molecule has 3 aromatic rings. The standard InChI is InChI=1S/C26H33N5O3S2/c1-20-5-10-23-24(19-20)35-26(28-23)30-17-15-29(16-18-30)14-11-27-25(32)21-6-8-22(9-7-21)36(33,34)31-12-3-2-4-13-31/h5-10,19H,2-4,11-18H2,1H3,(H,27,32). The van der Waals surface area contributed by atoms with Crippen molar-refractivity contribution in [1.29, 1.82) is 0 Å². The predicted octanol–water partition coefficient (Wildman–Crippen LogP) is 3.33. The van der Waals surface area contributed by atoms with Crippen LogP contribution in [0.15, 0.2) is 47.4 Å². The molecule has 36 heavy (non-hydrogen) atoms. The second kappa shape index (κ2) is 10.8. The number of carbonyl (C=O) groups is 1. The van der Waals surface area contributed by atoms with Crippen molar-refractivity contribution in [3.05, 3.63) is 53.6 Å². The van der Waals surface area contributed by atoms with Crippen molar-refractivity contribution in [2.45, 2.75) is 31.1 Å². The Balaban J connectivity index is 1.08. The fourth-order valence-electron chi connectivity index (χ4n) is 4.78. The third-order valence-corrected chi connectivity index (χ3v) is 9.95. The van der Waals surface area contributed by atoms with Gasteiger partial charge in [0.2, 0.25) is 10.0 Å². The Labute approximate surface area is 217 Å². The molecule has 3 heterocycles. The number of sulfonamides is 1. The van der Waals surface area contributed by atoms with E-state index in [-0.39, 0.29) is 10.8 Å². The molecular weight excluding hydrogens is 494 g/mol. The van der Waals surface area contributed by atoms with E-state index in [2.05, 4.69) is 40.2 Å². The number of nitrogens with one attached hydrogen (secondary N) is 1. The van der Waals surface area contributed by atoms with Crippen LogP contribution in [0.4, 0.5) is 5.13 Å². The number of aryl methyl sites for hydroxylation is 1. The number of aromatic nitrogens is 1. The van der Waals surface area contributed by atoms with E-state index in [0.29, 0.717) is 25.2 Å². The highest BCUT2D eigenvalue weighted by molar-refractivity contribution is 7.89. The number of hydrogen-bond donors (Lipinski definition) is 1. The van der Waals surface area contributed by atoms with Crippen molar-refractivity contribution in [2.75, 3.05) is 57.3 Å². The van der Waals surface area contributed by atoms with E-state index in [1.54, 1.807) is 39.9 Å². The number of carbonyl (C=O) groups excluding carboxylic acids is 1. The van der Waals surface area contributed by atoms with Crippen molar-refractivity contribution >= 4 is 42.6 Å². The van der Waals surface area contributed by atoms with Crippen molar-refractivity contribution in [2.24, 2.45) is 0 Å². The first kappa shape index (κ1) is 25.1. The molecule has 0 radical (unpaired) electrons. The van der Waals surface area contributed by atoms with Crippen LogP contribution in [0.2, 0.25) is 0 Å². The second-order valence-electron chi connectivity index (χ2n) is 9.54. The number of nitrogens with zero attached hydrogens (tertiary/aromatic N) is 4. The number of thiazole rings is 1. The molecule has 0 atom stereocenters. The molecule has 192 valence electrons. The molecule has 1 aromatic heterocycles. The van der Waals surface area contributed by atoms with Crippen LogP contribution in [-0.4, -0.2) is 80.9 Å². The van der Waals surface area contributed by atoms with Crippen molar-refractivity contribution in [3.8, 4) is 0 Å². The first-order chi connectivity index (χ1) is 17.4. The first-order valence-electron chi connectivity index (χ1n) is 12.6. The average Bonchev–Trinajstić information content (AvgIpc) is 3.33. The molecule has 5 rings (SSSR count). The minimum atomic E-state index is -3.48. The lowest BCUT2D eigenvalue weighted by Crippen LogP contribution is -2.48. The van der Waals surface area contributed by atoms with Gasteiger partial charge < -0.3 is 10.2 Å². The molecule has 2 aliphatic rings. The van der Waals surface area contributed by atoms with Gasteiger partial charge in [0.15, 0.2) is 5.13 Å². The van der Waals surface area contributed by atoms with Gasteiger partial charge in [-0.15, -0.1) is 0 Å². The Morgan fingerprint density at radius 2 is 1.69 bits per heavy atom. The summed E-state index contributed by atoms with van der Waals surface area (Å²) in [5, 5.41) is 4.05. The largest absolute Gasteiger partial charge is 0.351 e. The second-order valence-corrected chi connectivity index (χ2v) is 12.5. The number of rotatable bonds is 7. The zero-order chi connectivity index (χ0) is 25.1. The Morgan fingerprint density at radius 3 is 2.42 bits per heavy atom. The minimum absolute atomic E-state index is 0.180. The third kappa shape index (κ3) is 5.56. The quantitative estimate of drug-likeness (QED) is 0.507. The molecule has 0 unspecified atom stereocenters. The average molecular weight is 528 g/mol. The summed E-state index contributed by atoms with van der Waals surface area (Å²) < 4.78 is 28.4. The summed E-state index contributed by atoms with van der Waals surface area (Å²) in [5.41, 5.74) is 2.79. The van der Waals surface area contributed by atoms with Gasteiger partial charge in [-0.1, -0.05) is 23.8 Å². The Hall–Kier alpha value is -2.53. The lowest BCUT2D eigenvalue weighted by atomic mass is 10.2. The highest BCUT2D eigenvalue weighted by Gasteiger charge is 2.26. The van der Waals surface area contributed by atoms with Gasteiger partial charge in [0, 0.05) is 57.9 Å². The normalized spacial score (nSPS) is 18.0. The van der Waals surface area contributed by atoms with Crippen LogP contribution in [0.3, 0.4) is 0 Å². The molecule has 1 N–H and O–H groups in total. The molecule has 0 saturated carbocycles. The molecule has 2 fully saturated rings. The lowest BCUT2D eigenvalue weighted by Gasteiger charge is -2.34. The van der Waals surface area contributed by atoms with E-state index in [1.807, 2.05) is 0 Å². The summed E-state index contributed by atoms with van der Waals surface area (Å²) >= 11 is 1.75. The van der Waals surface area contributed by atoms with Crippen molar-refractivity contribution in [3.63, 3.8) is 0 Å². The van der Waals surface area contributed by atoms with Crippen LogP contribution in [-0.2, 0) is 10.0 Å². The van der Waals surface area contributed by atoms with Crippen LogP contribution in [0.5, 0.6) is 0 Å². The smallest absolute Gasteiger partial charge is 0.251 e. The molecular formula is C26H33N5O3S2. The van der Waals surface area contributed by atoms with Crippen LogP contribution < -0.4 is 10.2 Å². The number of benzene rings is 2. The summed E-state index contributed by atoms with van der Waals surface area (Å²) in [5.74, 6) is -0.180. The van der Waals surface area contributed by atoms with Gasteiger partial charge >= 0.3 is 0 Å². The highest BCUT2D eigenvalue weighted by atomic mass is 32.2. The molecule has 1 amide bonds. The zero-order valence-electron chi connectivity index (χ0n) is 20.6. The number of piperazine rings is 1. The number of piperidine rings is 1. The summed E-state index contributed by atoms with van der Waals surface area (Å²) in [6.07, 6.45) is 2.87. The van der Waals surface area contributed by atoms with Crippen LogP contribution >= 0.6 is 11.3 Å². The number of amides is 1. The van der Waals surface area contributed by atoms with Gasteiger partial charge in [0.05, 0.1) is 15.1 Å². The molecule has 0 spiro atoms. The highest BCUT2D eigenvalue weighted by Crippen LogP contribution is 2.30. The topological polar surface area (TPSA) is 85.9 Å². The van der Waals surface area contributed by atoms with E-state index in [0.717, 1.165) is 62.6 Å². The molecule has 8 nitrogen and oxygen atoms in total. The Morgan fingerprint density at radius 1 is 0.972 bits per heavy atom. The molecule has 2 aliphatic heterocycles. The van der Waals surface area contributed by atoms with E-state index in [4.69, 9.17) is 4.98 Å². The number of fused-ring (bicyclic) bond motifs is 1. The monoisotopic (exact) mass is 527 g/mol. The Bertz CT molecular complexity index is 1310. The van der Waals surface area contributed by atoms with E-state index in [1.165, 1.54) is 10.3 Å². The van der Waals surface area contributed by atoms with Gasteiger partial charge in [-0.2, -0.15) is 4.31 Å². The number of anilines is 1. The van der Waals surface area contributed by atoms with Gasteiger partial charge in [-0.25, -0.2) is 13.4 Å². The maximum atomic E-state index is 12.8. The molecule has 0 bridgehead atoms. The molecule has 2 saturated heterocycles. The van der Waals surface area contributed by atoms with Crippen molar-refractivity contribution < 1.29 is 13.2 Å². The third-order valence-electron chi connectivity index (χ3n) is 6.96. The molecule has 0 aliphatic carbocycles. The molecule has 2 aromatic carbocycles. The van der Waals surface area contributed by atoms with Gasteiger partial charge in [-0.05, 0) is 61.7 Å². The summed E-state index contributed by atoms with van der Waals surface area (Å²) in [6, 6.07) is 12.7. The van der Waals surface area contributed by atoms with Crippen LogP contribution in [0.25, 0.3) is 10.2 Å². The van der Waals surface area contributed by atoms with E-state index < -0.39 is 10.0 Å². The molecule has 10 heteroatoms. The lowest BCUT2D eigenvalue weighted by molar-refractivity contribution is 0.0947. The fourth-order valence-corrected chi connectivity index (χ4v) is 7.41. The van der Waals surface area contributed by atoms with E-state index >= 15 is 0 Å². The maximum Gasteiger partial charge on any atom is 0.251 e.